The van der Waals surface area contributed by atoms with Crippen LogP contribution in [-0.2, 0) is 0 Å². The van der Waals surface area contributed by atoms with Gasteiger partial charge in [-0.1, -0.05) is 0 Å². The van der Waals surface area contributed by atoms with E-state index in [1.165, 1.54) is 0 Å². The molecule has 5 nitrogen and oxygen atoms in total. The second-order valence-electron chi connectivity index (χ2n) is 3.94. The Labute approximate surface area is 106 Å². The molecule has 0 aliphatic heterocycles. The first-order valence-electron chi connectivity index (χ1n) is 5.87. The van der Waals surface area contributed by atoms with Gasteiger partial charge in [0.25, 0.3) is 0 Å². The molecule has 2 aromatic heterocycles. The van der Waals surface area contributed by atoms with Crippen molar-refractivity contribution >= 4 is 5.95 Å². The van der Waals surface area contributed by atoms with Gasteiger partial charge in [-0.05, 0) is 32.9 Å². The molecule has 2 rings (SSSR count). The Hall–Kier alpha value is -2.17. The van der Waals surface area contributed by atoms with Gasteiger partial charge in [-0.2, -0.15) is 4.98 Å². The molecular weight excluding hydrogens is 228 g/mol. The third kappa shape index (κ3) is 3.16. The molecule has 2 heterocycles. The summed E-state index contributed by atoms with van der Waals surface area (Å²) >= 11 is 0. The molecule has 0 unspecified atom stereocenters. The standard InChI is InChI=1S/C13H16N4O/c1-4-14-13-16-10(3)7-12(17-13)18-11-6-5-9(2)15-8-11/h5-8H,4H2,1-3H3,(H,14,16,17). The summed E-state index contributed by atoms with van der Waals surface area (Å²) in [6, 6.07) is 5.56. The Morgan fingerprint density at radius 3 is 2.67 bits per heavy atom. The van der Waals surface area contributed by atoms with Crippen molar-refractivity contribution in [1.82, 2.24) is 15.0 Å². The van der Waals surface area contributed by atoms with Crippen LogP contribution in [0.4, 0.5) is 5.95 Å². The van der Waals surface area contributed by atoms with Gasteiger partial charge in [0, 0.05) is 24.0 Å². The van der Waals surface area contributed by atoms with E-state index in [1.807, 2.05) is 32.9 Å². The second kappa shape index (κ2) is 5.44. The van der Waals surface area contributed by atoms with Crippen LogP contribution in [0, 0.1) is 13.8 Å². The van der Waals surface area contributed by atoms with Crippen molar-refractivity contribution in [2.45, 2.75) is 20.8 Å². The summed E-state index contributed by atoms with van der Waals surface area (Å²) in [7, 11) is 0. The van der Waals surface area contributed by atoms with Crippen LogP contribution < -0.4 is 10.1 Å². The number of anilines is 1. The summed E-state index contributed by atoms with van der Waals surface area (Å²) in [5.41, 5.74) is 1.81. The SMILES string of the molecule is CCNc1nc(C)cc(Oc2ccc(C)nc2)n1. The molecule has 0 aromatic carbocycles. The highest BCUT2D eigenvalue weighted by Gasteiger charge is 2.04. The van der Waals surface area contributed by atoms with Crippen LogP contribution in [-0.4, -0.2) is 21.5 Å². The number of nitrogens with one attached hydrogen (secondary N) is 1. The average Bonchev–Trinajstić information content (AvgIpc) is 2.32. The monoisotopic (exact) mass is 244 g/mol. The fraction of sp³-hybridized carbons (Fsp3) is 0.308. The first-order chi connectivity index (χ1) is 8.67. The zero-order valence-corrected chi connectivity index (χ0v) is 10.8. The molecular formula is C13H16N4O. The van der Waals surface area contributed by atoms with E-state index < -0.39 is 0 Å². The topological polar surface area (TPSA) is 59.9 Å². The Bertz CT molecular complexity index is 525. The Morgan fingerprint density at radius 1 is 1.17 bits per heavy atom. The van der Waals surface area contributed by atoms with Crippen molar-refractivity contribution < 1.29 is 4.74 Å². The van der Waals surface area contributed by atoms with E-state index in [9.17, 15) is 0 Å². The van der Waals surface area contributed by atoms with E-state index >= 15 is 0 Å². The molecule has 0 saturated carbocycles. The second-order valence-corrected chi connectivity index (χ2v) is 3.94. The minimum absolute atomic E-state index is 0.518. The van der Waals surface area contributed by atoms with Crippen LogP contribution in [0.2, 0.25) is 0 Å². The molecule has 0 aliphatic rings. The van der Waals surface area contributed by atoms with Gasteiger partial charge in [0.05, 0.1) is 6.20 Å². The van der Waals surface area contributed by atoms with Crippen LogP contribution in [0.5, 0.6) is 11.6 Å². The maximum Gasteiger partial charge on any atom is 0.226 e. The summed E-state index contributed by atoms with van der Waals surface area (Å²) in [6.45, 7) is 6.61. The van der Waals surface area contributed by atoms with Crippen molar-refractivity contribution in [1.29, 1.82) is 0 Å². The van der Waals surface area contributed by atoms with E-state index in [-0.39, 0.29) is 0 Å². The van der Waals surface area contributed by atoms with Crippen molar-refractivity contribution in [3.63, 3.8) is 0 Å². The first-order valence-corrected chi connectivity index (χ1v) is 5.87. The molecule has 0 amide bonds. The van der Waals surface area contributed by atoms with E-state index in [0.29, 0.717) is 17.6 Å². The van der Waals surface area contributed by atoms with Gasteiger partial charge in [0.1, 0.15) is 5.75 Å². The third-order valence-corrected chi connectivity index (χ3v) is 2.27. The van der Waals surface area contributed by atoms with Gasteiger partial charge in [-0.25, -0.2) is 4.98 Å². The summed E-state index contributed by atoms with van der Waals surface area (Å²) in [4.78, 5) is 12.7. The van der Waals surface area contributed by atoms with Gasteiger partial charge in [-0.3, -0.25) is 4.98 Å². The van der Waals surface area contributed by atoms with Crippen molar-refractivity contribution in [3.8, 4) is 11.6 Å². The van der Waals surface area contributed by atoms with E-state index in [4.69, 9.17) is 4.74 Å². The summed E-state index contributed by atoms with van der Waals surface area (Å²) in [6.07, 6.45) is 1.68. The molecule has 0 bridgehead atoms. The smallest absolute Gasteiger partial charge is 0.226 e. The lowest BCUT2D eigenvalue weighted by atomic mass is 10.4. The minimum atomic E-state index is 0.518. The highest BCUT2D eigenvalue weighted by atomic mass is 16.5. The molecule has 0 saturated heterocycles. The summed E-state index contributed by atoms with van der Waals surface area (Å²) in [5, 5.41) is 3.07. The van der Waals surface area contributed by atoms with E-state index in [0.717, 1.165) is 17.9 Å². The third-order valence-electron chi connectivity index (χ3n) is 2.27. The quantitative estimate of drug-likeness (QED) is 0.896. The van der Waals surface area contributed by atoms with Crippen molar-refractivity contribution in [3.05, 3.63) is 35.8 Å². The van der Waals surface area contributed by atoms with Gasteiger partial charge in [0.15, 0.2) is 0 Å². The number of nitrogens with zero attached hydrogens (tertiary/aromatic N) is 3. The fourth-order valence-electron chi connectivity index (χ4n) is 1.46. The Kier molecular flexibility index (Phi) is 3.72. The van der Waals surface area contributed by atoms with Crippen LogP contribution in [0.3, 0.4) is 0 Å². The molecule has 0 atom stereocenters. The molecule has 0 aliphatic carbocycles. The Morgan fingerprint density at radius 2 is 2.00 bits per heavy atom. The predicted molar refractivity (Wildman–Crippen MR) is 70.0 cm³/mol. The average molecular weight is 244 g/mol. The van der Waals surface area contributed by atoms with Gasteiger partial charge < -0.3 is 10.1 Å². The molecule has 1 N–H and O–H groups in total. The number of aryl methyl sites for hydroxylation is 2. The fourth-order valence-corrected chi connectivity index (χ4v) is 1.46. The van der Waals surface area contributed by atoms with E-state index in [2.05, 4.69) is 20.3 Å². The van der Waals surface area contributed by atoms with Crippen LogP contribution in [0.1, 0.15) is 18.3 Å². The maximum atomic E-state index is 5.65. The van der Waals surface area contributed by atoms with Crippen LogP contribution >= 0.6 is 0 Å². The summed E-state index contributed by atoms with van der Waals surface area (Å²) in [5.74, 6) is 1.76. The number of ether oxygens (including phenoxy) is 1. The Balaban J connectivity index is 2.20. The van der Waals surface area contributed by atoms with Crippen molar-refractivity contribution in [2.75, 3.05) is 11.9 Å². The minimum Gasteiger partial charge on any atom is -0.437 e. The maximum absolute atomic E-state index is 5.65. The molecule has 0 radical (unpaired) electrons. The highest BCUT2D eigenvalue weighted by Crippen LogP contribution is 2.20. The molecule has 0 spiro atoms. The molecule has 94 valence electrons. The summed E-state index contributed by atoms with van der Waals surface area (Å²) < 4.78 is 5.65. The normalized spacial score (nSPS) is 10.2. The molecule has 18 heavy (non-hydrogen) atoms. The lowest BCUT2D eigenvalue weighted by Crippen LogP contribution is -2.04. The van der Waals surface area contributed by atoms with Crippen LogP contribution in [0.15, 0.2) is 24.4 Å². The molecule has 0 fully saturated rings. The van der Waals surface area contributed by atoms with Gasteiger partial charge >= 0.3 is 0 Å². The number of hydrogen-bond acceptors (Lipinski definition) is 5. The largest absolute Gasteiger partial charge is 0.437 e. The number of hydrogen-bond donors (Lipinski definition) is 1. The zero-order valence-electron chi connectivity index (χ0n) is 10.8. The number of pyridine rings is 1. The highest BCUT2D eigenvalue weighted by molar-refractivity contribution is 5.33. The first kappa shape index (κ1) is 12.3. The lowest BCUT2D eigenvalue weighted by Gasteiger charge is -2.08. The number of rotatable bonds is 4. The van der Waals surface area contributed by atoms with Crippen LogP contribution in [0.25, 0.3) is 0 Å². The molecule has 2 aromatic rings. The molecule has 5 heteroatoms. The lowest BCUT2D eigenvalue weighted by molar-refractivity contribution is 0.459. The number of aromatic nitrogens is 3. The van der Waals surface area contributed by atoms with Gasteiger partial charge in [-0.15, -0.1) is 0 Å². The predicted octanol–water partition coefficient (Wildman–Crippen LogP) is 2.71. The van der Waals surface area contributed by atoms with Crippen molar-refractivity contribution in [2.24, 2.45) is 0 Å². The zero-order chi connectivity index (χ0) is 13.0. The van der Waals surface area contributed by atoms with Gasteiger partial charge in [0.2, 0.25) is 11.8 Å². The van der Waals surface area contributed by atoms with E-state index in [1.54, 1.807) is 12.3 Å².